The number of amides is 2. The average Bonchev–Trinajstić information content (AvgIpc) is 2.88. The van der Waals surface area contributed by atoms with Gasteiger partial charge in [0.15, 0.2) is 0 Å². The number of aryl methyl sites for hydroxylation is 1. The summed E-state index contributed by atoms with van der Waals surface area (Å²) in [5, 5.41) is 9.97. The van der Waals surface area contributed by atoms with E-state index in [0.29, 0.717) is 31.0 Å². The molecule has 2 heterocycles. The van der Waals surface area contributed by atoms with Gasteiger partial charge in [0.2, 0.25) is 17.8 Å². The van der Waals surface area contributed by atoms with Crippen LogP contribution in [0.15, 0.2) is 66.7 Å². The predicted molar refractivity (Wildman–Crippen MR) is 148 cm³/mol. The third kappa shape index (κ3) is 5.36. The van der Waals surface area contributed by atoms with E-state index in [2.05, 4.69) is 25.9 Å². The number of fused-ring (bicyclic) bond motifs is 1. The maximum atomic E-state index is 13.4. The van der Waals surface area contributed by atoms with Gasteiger partial charge in [0.25, 0.3) is 0 Å². The molecule has 0 aliphatic carbocycles. The first-order valence-electron chi connectivity index (χ1n) is 12.2. The Morgan fingerprint density at radius 1 is 0.973 bits per heavy atom. The lowest BCUT2D eigenvalue weighted by Crippen LogP contribution is -2.57. The summed E-state index contributed by atoms with van der Waals surface area (Å²) in [6, 6.07) is 20.8. The van der Waals surface area contributed by atoms with Crippen LogP contribution in [0.1, 0.15) is 12.5 Å². The molecule has 1 saturated heterocycles. The molecule has 0 saturated carbocycles. The van der Waals surface area contributed by atoms with Gasteiger partial charge in [-0.15, -0.1) is 0 Å². The highest BCUT2D eigenvalue weighted by atomic mass is 16.2. The molecule has 5 rings (SSSR count). The van der Waals surface area contributed by atoms with Gasteiger partial charge in [-0.1, -0.05) is 30.3 Å². The number of nitrogens with zero attached hydrogens (tertiary/aromatic N) is 3. The average molecular weight is 496 g/mol. The second-order valence-corrected chi connectivity index (χ2v) is 9.17. The summed E-state index contributed by atoms with van der Waals surface area (Å²) >= 11 is 0. The molecular formula is C28H29N7O2. The molecule has 2 amide bonds. The van der Waals surface area contributed by atoms with Gasteiger partial charge in [-0.05, 0) is 60.0 Å². The monoisotopic (exact) mass is 495 g/mol. The Labute approximate surface area is 215 Å². The number of aromatic nitrogens is 2. The fraction of sp³-hybridized carbons (Fsp3) is 0.214. The van der Waals surface area contributed by atoms with Crippen molar-refractivity contribution in [1.29, 1.82) is 0 Å². The van der Waals surface area contributed by atoms with Crippen molar-refractivity contribution < 1.29 is 9.59 Å². The van der Waals surface area contributed by atoms with E-state index >= 15 is 0 Å². The van der Waals surface area contributed by atoms with E-state index in [-0.39, 0.29) is 17.8 Å². The van der Waals surface area contributed by atoms with Gasteiger partial charge in [0.1, 0.15) is 11.9 Å². The van der Waals surface area contributed by atoms with Gasteiger partial charge in [0, 0.05) is 43.3 Å². The van der Waals surface area contributed by atoms with Crippen LogP contribution in [0.3, 0.4) is 0 Å². The second kappa shape index (κ2) is 10.2. The van der Waals surface area contributed by atoms with Crippen molar-refractivity contribution >= 4 is 45.9 Å². The van der Waals surface area contributed by atoms with Crippen molar-refractivity contribution in [2.75, 3.05) is 40.9 Å². The fourth-order valence-corrected chi connectivity index (χ4v) is 4.62. The van der Waals surface area contributed by atoms with Crippen LogP contribution in [0, 0.1) is 6.92 Å². The number of hydrogen-bond acceptors (Lipinski definition) is 7. The summed E-state index contributed by atoms with van der Waals surface area (Å²) in [4.78, 5) is 35.8. The summed E-state index contributed by atoms with van der Waals surface area (Å²) in [6.45, 7) is 5.25. The molecule has 0 bridgehead atoms. The molecule has 1 unspecified atom stereocenters. The lowest BCUT2D eigenvalue weighted by Gasteiger charge is -2.36. The Bertz CT molecular complexity index is 1470. The first-order valence-corrected chi connectivity index (χ1v) is 12.2. The number of piperazine rings is 1. The minimum Gasteiger partial charge on any atom is -0.368 e. The van der Waals surface area contributed by atoms with E-state index in [0.717, 1.165) is 33.5 Å². The highest BCUT2D eigenvalue weighted by Gasteiger charge is 2.31. The molecule has 4 aromatic rings. The van der Waals surface area contributed by atoms with E-state index in [1.807, 2.05) is 78.6 Å². The fourth-order valence-electron chi connectivity index (χ4n) is 4.62. The molecule has 0 radical (unpaired) electrons. The van der Waals surface area contributed by atoms with Gasteiger partial charge in [0.05, 0.1) is 5.52 Å². The Hall–Kier alpha value is -4.50. The van der Waals surface area contributed by atoms with Crippen LogP contribution in [0.5, 0.6) is 0 Å². The molecule has 1 aromatic heterocycles. The Morgan fingerprint density at radius 3 is 2.51 bits per heavy atom. The van der Waals surface area contributed by atoms with Gasteiger partial charge >= 0.3 is 0 Å². The number of nitrogens with one attached hydrogen (secondary N) is 3. The van der Waals surface area contributed by atoms with Crippen LogP contribution < -0.4 is 26.6 Å². The van der Waals surface area contributed by atoms with Crippen molar-refractivity contribution in [1.82, 2.24) is 15.3 Å². The van der Waals surface area contributed by atoms with Gasteiger partial charge in [-0.25, -0.2) is 4.98 Å². The minimum atomic E-state index is -0.479. The Balaban J connectivity index is 1.50. The van der Waals surface area contributed by atoms with E-state index in [1.54, 1.807) is 0 Å². The van der Waals surface area contributed by atoms with Crippen molar-refractivity contribution in [3.63, 3.8) is 0 Å². The highest BCUT2D eigenvalue weighted by molar-refractivity contribution is 6.00. The summed E-state index contributed by atoms with van der Waals surface area (Å²) in [5.41, 5.74) is 11.3. The molecular weight excluding hydrogens is 466 g/mol. The number of nitrogen functional groups attached to an aromatic ring is 1. The van der Waals surface area contributed by atoms with Crippen LogP contribution in [0.2, 0.25) is 0 Å². The molecule has 0 spiro atoms. The number of rotatable bonds is 5. The van der Waals surface area contributed by atoms with Crippen LogP contribution >= 0.6 is 0 Å². The molecule has 9 heteroatoms. The molecule has 1 aliphatic heterocycles. The minimum absolute atomic E-state index is 0.116. The normalized spacial score (nSPS) is 15.4. The lowest BCUT2D eigenvalue weighted by atomic mass is 10.0. The zero-order valence-electron chi connectivity index (χ0n) is 20.8. The number of carbonyl (C=O) groups excluding carboxylic acids is 2. The maximum absolute atomic E-state index is 13.4. The van der Waals surface area contributed by atoms with Crippen LogP contribution in [-0.4, -0.2) is 47.5 Å². The molecule has 1 atom stereocenters. The molecule has 37 heavy (non-hydrogen) atoms. The van der Waals surface area contributed by atoms with Gasteiger partial charge < -0.3 is 26.6 Å². The van der Waals surface area contributed by atoms with E-state index in [1.165, 1.54) is 6.92 Å². The highest BCUT2D eigenvalue weighted by Crippen LogP contribution is 2.32. The van der Waals surface area contributed by atoms with E-state index in [4.69, 9.17) is 5.73 Å². The summed E-state index contributed by atoms with van der Waals surface area (Å²) in [5.74, 6) is 0.555. The first kappa shape index (κ1) is 24.2. The summed E-state index contributed by atoms with van der Waals surface area (Å²) < 4.78 is 0. The third-order valence-electron chi connectivity index (χ3n) is 6.34. The van der Waals surface area contributed by atoms with Crippen molar-refractivity contribution in [3.05, 3.63) is 72.3 Å². The predicted octanol–water partition coefficient (Wildman–Crippen LogP) is 3.56. The number of carbonyl (C=O) groups is 2. The first-order chi connectivity index (χ1) is 17.9. The number of benzene rings is 3. The molecule has 5 N–H and O–H groups in total. The summed E-state index contributed by atoms with van der Waals surface area (Å²) in [7, 11) is 0. The molecule has 188 valence electrons. The van der Waals surface area contributed by atoms with E-state index in [9.17, 15) is 9.59 Å². The smallest absolute Gasteiger partial charge is 0.248 e. The zero-order chi connectivity index (χ0) is 25.9. The zero-order valence-corrected chi connectivity index (χ0v) is 20.8. The topological polar surface area (TPSA) is 125 Å². The Morgan fingerprint density at radius 2 is 1.76 bits per heavy atom. The van der Waals surface area contributed by atoms with Crippen molar-refractivity contribution in [3.8, 4) is 11.1 Å². The number of anilines is 4. The maximum Gasteiger partial charge on any atom is 0.248 e. The standard InChI is InChI=1S/C28H29N7O2/c1-17-4-3-5-22(14-17)32-27(37)25-16-30-12-13-35(25)26-23-15-20(8-11-24(23)33-28(29)34-26)19-6-9-21(10-7-19)31-18(2)36/h3-11,14-15,25,30H,12-13,16H2,1-2H3,(H,31,36)(H,32,37)(H2,29,33,34). The van der Waals surface area contributed by atoms with Gasteiger partial charge in [-0.3, -0.25) is 9.59 Å². The van der Waals surface area contributed by atoms with Crippen LogP contribution in [0.25, 0.3) is 22.0 Å². The number of nitrogens with two attached hydrogens (primary N) is 1. The van der Waals surface area contributed by atoms with Crippen molar-refractivity contribution in [2.24, 2.45) is 0 Å². The molecule has 1 aliphatic rings. The van der Waals surface area contributed by atoms with E-state index < -0.39 is 6.04 Å². The Kier molecular flexibility index (Phi) is 6.70. The quantitative estimate of drug-likeness (QED) is 0.334. The van der Waals surface area contributed by atoms with Crippen LogP contribution in [-0.2, 0) is 9.59 Å². The lowest BCUT2D eigenvalue weighted by molar-refractivity contribution is -0.117. The molecule has 9 nitrogen and oxygen atoms in total. The van der Waals surface area contributed by atoms with Crippen LogP contribution in [0.4, 0.5) is 23.1 Å². The largest absolute Gasteiger partial charge is 0.368 e. The third-order valence-corrected chi connectivity index (χ3v) is 6.34. The van der Waals surface area contributed by atoms with Gasteiger partial charge in [-0.2, -0.15) is 4.98 Å². The number of hydrogen-bond donors (Lipinski definition) is 4. The SMILES string of the molecule is CC(=O)Nc1ccc(-c2ccc3nc(N)nc(N4CCNCC4C(=O)Nc4cccc(C)c4)c3c2)cc1. The van der Waals surface area contributed by atoms with Crippen molar-refractivity contribution in [2.45, 2.75) is 19.9 Å². The molecule has 3 aromatic carbocycles. The summed E-state index contributed by atoms with van der Waals surface area (Å²) in [6.07, 6.45) is 0. The second-order valence-electron chi connectivity index (χ2n) is 9.17. The molecule has 1 fully saturated rings.